The first-order chi connectivity index (χ1) is 11.7. The average Bonchev–Trinajstić information content (AvgIpc) is 3.09. The Hall–Kier alpha value is -0.570. The van der Waals surface area contributed by atoms with Crippen molar-refractivity contribution in [1.82, 2.24) is 15.5 Å². The summed E-state index contributed by atoms with van der Waals surface area (Å²) >= 11 is 0. The molecule has 2 fully saturated rings. The van der Waals surface area contributed by atoms with Crippen LogP contribution in [0.2, 0.25) is 0 Å². The van der Waals surface area contributed by atoms with E-state index < -0.39 is 0 Å². The van der Waals surface area contributed by atoms with E-state index in [2.05, 4.69) is 20.5 Å². The Balaban J connectivity index is 0.00000312. The van der Waals surface area contributed by atoms with E-state index in [1.54, 1.807) is 7.05 Å². The number of ether oxygens (including phenoxy) is 1. The molecule has 25 heavy (non-hydrogen) atoms. The second-order valence-electron chi connectivity index (χ2n) is 6.80. The van der Waals surface area contributed by atoms with Crippen molar-refractivity contribution in [2.24, 2.45) is 10.9 Å². The molecule has 0 aromatic carbocycles. The van der Waals surface area contributed by atoms with Gasteiger partial charge in [0.25, 0.3) is 0 Å². The fourth-order valence-electron chi connectivity index (χ4n) is 3.60. The Kier molecular flexibility index (Phi) is 11.4. The molecule has 2 rings (SSSR count). The van der Waals surface area contributed by atoms with E-state index >= 15 is 0 Å². The van der Waals surface area contributed by atoms with Crippen molar-refractivity contribution in [3.05, 3.63) is 0 Å². The number of nitrogens with zero attached hydrogens (tertiary/aromatic N) is 2. The zero-order valence-electron chi connectivity index (χ0n) is 15.8. The normalized spacial score (nSPS) is 21.8. The number of guanidine groups is 1. The topological polar surface area (TPSA) is 66.0 Å². The van der Waals surface area contributed by atoms with Crippen molar-refractivity contribution in [2.75, 3.05) is 39.9 Å². The van der Waals surface area contributed by atoms with E-state index in [-0.39, 0.29) is 29.9 Å². The molecule has 146 valence electrons. The summed E-state index contributed by atoms with van der Waals surface area (Å²) in [6, 6.07) is 0.302. The summed E-state index contributed by atoms with van der Waals surface area (Å²) in [5, 5.41) is 6.77. The zero-order chi connectivity index (χ0) is 17.2. The van der Waals surface area contributed by atoms with E-state index in [0.717, 1.165) is 64.5 Å². The van der Waals surface area contributed by atoms with Crippen LogP contribution in [-0.4, -0.2) is 62.7 Å². The molecule has 0 radical (unpaired) electrons. The number of amides is 1. The van der Waals surface area contributed by atoms with Crippen LogP contribution < -0.4 is 10.6 Å². The lowest BCUT2D eigenvalue weighted by molar-refractivity contribution is -0.135. The standard InChI is InChI=1S/C18H34N4O2.HI/c1-3-24-13-7-11-20-18(19-2)21-16-10-12-22(14-16)17(23)15-8-5-4-6-9-15;/h15-16H,3-14H2,1-2H3,(H2,19,20,21);1H. The third-order valence-electron chi connectivity index (χ3n) is 4.98. The maximum absolute atomic E-state index is 12.6. The van der Waals surface area contributed by atoms with E-state index in [9.17, 15) is 4.79 Å². The van der Waals surface area contributed by atoms with Crippen LogP contribution in [0.1, 0.15) is 51.9 Å². The minimum Gasteiger partial charge on any atom is -0.382 e. The minimum absolute atomic E-state index is 0. The van der Waals surface area contributed by atoms with Gasteiger partial charge in [0.15, 0.2) is 5.96 Å². The van der Waals surface area contributed by atoms with E-state index in [0.29, 0.717) is 11.9 Å². The number of hydrogen-bond donors (Lipinski definition) is 2. The molecule has 1 aliphatic heterocycles. The lowest BCUT2D eigenvalue weighted by Crippen LogP contribution is -2.45. The fraction of sp³-hybridized carbons (Fsp3) is 0.889. The number of nitrogens with one attached hydrogen (secondary N) is 2. The molecule has 2 aliphatic rings. The molecule has 1 saturated heterocycles. The summed E-state index contributed by atoms with van der Waals surface area (Å²) in [6.45, 7) is 6.06. The number of rotatable bonds is 7. The fourth-order valence-corrected chi connectivity index (χ4v) is 3.60. The first-order valence-corrected chi connectivity index (χ1v) is 9.58. The number of carbonyl (C=O) groups is 1. The number of hydrogen-bond acceptors (Lipinski definition) is 3. The van der Waals surface area contributed by atoms with Crippen molar-refractivity contribution in [2.45, 2.75) is 57.9 Å². The highest BCUT2D eigenvalue weighted by Gasteiger charge is 2.31. The van der Waals surface area contributed by atoms with Gasteiger partial charge in [-0.3, -0.25) is 9.79 Å². The quantitative estimate of drug-likeness (QED) is 0.262. The van der Waals surface area contributed by atoms with Gasteiger partial charge in [-0.1, -0.05) is 19.3 Å². The average molecular weight is 466 g/mol. The Bertz CT molecular complexity index is 414. The molecule has 0 bridgehead atoms. The second kappa shape index (κ2) is 12.7. The highest BCUT2D eigenvalue weighted by molar-refractivity contribution is 14.0. The first-order valence-electron chi connectivity index (χ1n) is 9.58. The molecule has 0 spiro atoms. The summed E-state index contributed by atoms with van der Waals surface area (Å²) in [7, 11) is 1.79. The third kappa shape index (κ3) is 7.68. The van der Waals surface area contributed by atoms with Gasteiger partial charge in [0, 0.05) is 51.9 Å². The molecule has 0 aromatic heterocycles. The van der Waals surface area contributed by atoms with Crippen LogP contribution in [0, 0.1) is 5.92 Å². The summed E-state index contributed by atoms with van der Waals surface area (Å²) in [5.74, 6) is 1.47. The first kappa shape index (κ1) is 22.5. The Morgan fingerprint density at radius 2 is 2.00 bits per heavy atom. The SMILES string of the molecule is CCOCCCNC(=NC)NC1CCN(C(=O)C2CCCCC2)C1.I. The van der Waals surface area contributed by atoms with Crippen LogP contribution in [0.3, 0.4) is 0 Å². The molecular formula is C18H35IN4O2. The molecular weight excluding hydrogens is 431 g/mol. The number of aliphatic imine (C=N–C) groups is 1. The molecule has 6 nitrogen and oxygen atoms in total. The summed E-state index contributed by atoms with van der Waals surface area (Å²) < 4.78 is 5.34. The van der Waals surface area contributed by atoms with E-state index in [1.165, 1.54) is 19.3 Å². The van der Waals surface area contributed by atoms with Gasteiger partial charge in [-0.15, -0.1) is 24.0 Å². The number of halogens is 1. The summed E-state index contributed by atoms with van der Waals surface area (Å²) in [5.41, 5.74) is 0. The van der Waals surface area contributed by atoms with Crippen LogP contribution in [0.15, 0.2) is 4.99 Å². The molecule has 2 N–H and O–H groups in total. The Morgan fingerprint density at radius 3 is 2.68 bits per heavy atom. The van der Waals surface area contributed by atoms with Gasteiger partial charge in [-0.05, 0) is 32.6 Å². The smallest absolute Gasteiger partial charge is 0.225 e. The summed E-state index contributed by atoms with van der Waals surface area (Å²) in [6.07, 6.45) is 7.84. The molecule has 0 aromatic rings. The van der Waals surface area contributed by atoms with Crippen LogP contribution >= 0.6 is 24.0 Å². The lowest BCUT2D eigenvalue weighted by atomic mass is 9.88. The predicted molar refractivity (Wildman–Crippen MR) is 113 cm³/mol. The minimum atomic E-state index is 0. The zero-order valence-corrected chi connectivity index (χ0v) is 18.1. The highest BCUT2D eigenvalue weighted by Crippen LogP contribution is 2.26. The van der Waals surface area contributed by atoms with Gasteiger partial charge in [0.05, 0.1) is 0 Å². The van der Waals surface area contributed by atoms with Gasteiger partial charge < -0.3 is 20.3 Å². The molecule has 1 atom stereocenters. The molecule has 1 saturated carbocycles. The van der Waals surface area contributed by atoms with E-state index in [1.807, 2.05) is 6.92 Å². The molecule has 1 aliphatic carbocycles. The van der Waals surface area contributed by atoms with Crippen LogP contribution in [0.4, 0.5) is 0 Å². The van der Waals surface area contributed by atoms with Crippen LogP contribution in [-0.2, 0) is 9.53 Å². The van der Waals surface area contributed by atoms with Crippen molar-refractivity contribution in [1.29, 1.82) is 0 Å². The van der Waals surface area contributed by atoms with Gasteiger partial charge in [-0.2, -0.15) is 0 Å². The largest absolute Gasteiger partial charge is 0.382 e. The highest BCUT2D eigenvalue weighted by atomic mass is 127. The predicted octanol–water partition coefficient (Wildman–Crippen LogP) is 2.38. The monoisotopic (exact) mass is 466 g/mol. The number of likely N-dealkylation sites (tertiary alicyclic amines) is 1. The molecule has 7 heteroatoms. The van der Waals surface area contributed by atoms with Crippen LogP contribution in [0.5, 0.6) is 0 Å². The van der Waals surface area contributed by atoms with Crippen LogP contribution in [0.25, 0.3) is 0 Å². The van der Waals surface area contributed by atoms with Crippen molar-refractivity contribution < 1.29 is 9.53 Å². The summed E-state index contributed by atoms with van der Waals surface area (Å²) in [4.78, 5) is 18.9. The van der Waals surface area contributed by atoms with Gasteiger partial charge in [-0.25, -0.2) is 0 Å². The Morgan fingerprint density at radius 1 is 1.24 bits per heavy atom. The van der Waals surface area contributed by atoms with Gasteiger partial charge in [0.2, 0.25) is 5.91 Å². The van der Waals surface area contributed by atoms with Crippen molar-refractivity contribution in [3.8, 4) is 0 Å². The maximum Gasteiger partial charge on any atom is 0.225 e. The molecule has 1 unspecified atom stereocenters. The molecule has 1 amide bonds. The second-order valence-corrected chi connectivity index (χ2v) is 6.80. The Labute approximate surface area is 169 Å². The maximum atomic E-state index is 12.6. The van der Waals surface area contributed by atoms with Gasteiger partial charge >= 0.3 is 0 Å². The third-order valence-corrected chi connectivity index (χ3v) is 4.98. The van der Waals surface area contributed by atoms with Crippen molar-refractivity contribution >= 4 is 35.8 Å². The molecule has 1 heterocycles. The lowest BCUT2D eigenvalue weighted by Gasteiger charge is -2.26. The van der Waals surface area contributed by atoms with Gasteiger partial charge in [0.1, 0.15) is 0 Å². The number of carbonyl (C=O) groups excluding carboxylic acids is 1. The van der Waals surface area contributed by atoms with Crippen molar-refractivity contribution in [3.63, 3.8) is 0 Å². The van der Waals surface area contributed by atoms with E-state index in [4.69, 9.17) is 4.74 Å².